The average Bonchev–Trinajstić information content (AvgIpc) is 3.26. The van der Waals surface area contributed by atoms with E-state index in [1.54, 1.807) is 0 Å². The number of esters is 2. The fourth-order valence-electron chi connectivity index (χ4n) is 7.95. The van der Waals surface area contributed by atoms with E-state index in [9.17, 15) is 37.9 Å². The second-order valence-corrected chi connectivity index (χ2v) is 19.7. The quantitative estimate of drug-likeness (QED) is 0.0196. The summed E-state index contributed by atoms with van der Waals surface area (Å²) in [5.41, 5.74) is 0. The van der Waals surface area contributed by atoms with E-state index < -0.39 is 71.2 Å². The molecule has 1 saturated heterocycles. The molecule has 0 aromatic carbocycles. The molecule has 6 atom stereocenters. The molecule has 4 N–H and O–H groups in total. The monoisotopic (exact) mass is 931 g/mol. The summed E-state index contributed by atoms with van der Waals surface area (Å²) in [6.07, 6.45) is 37.9. The van der Waals surface area contributed by atoms with Gasteiger partial charge in [0.05, 0.1) is 6.61 Å². The molecule has 0 aromatic heterocycles. The van der Waals surface area contributed by atoms with Crippen molar-refractivity contribution in [2.75, 3.05) is 19.0 Å². The van der Waals surface area contributed by atoms with Crippen LogP contribution in [0.1, 0.15) is 232 Å². The zero-order valence-corrected chi connectivity index (χ0v) is 41.2. The highest BCUT2D eigenvalue weighted by Gasteiger charge is 2.46. The summed E-state index contributed by atoms with van der Waals surface area (Å²) in [5, 5.41) is 31.0. The van der Waals surface area contributed by atoms with Crippen LogP contribution in [0.3, 0.4) is 0 Å². The van der Waals surface area contributed by atoms with Crippen molar-refractivity contribution in [3.05, 3.63) is 24.3 Å². The van der Waals surface area contributed by atoms with Gasteiger partial charge in [-0.05, 0) is 57.8 Å². The molecule has 2 unspecified atom stereocenters. The minimum atomic E-state index is -4.60. The number of hydrogen-bond acceptors (Lipinski definition) is 11. The Labute approximate surface area is 389 Å². The number of carbonyl (C=O) groups is 2. The normalized spacial score (nSPS) is 19.8. The summed E-state index contributed by atoms with van der Waals surface area (Å²) in [4.78, 5) is 25.5. The van der Waals surface area contributed by atoms with Crippen molar-refractivity contribution >= 4 is 22.1 Å². The Morgan fingerprint density at radius 3 is 1.34 bits per heavy atom. The molecule has 0 aliphatic carbocycles. The van der Waals surface area contributed by atoms with Crippen LogP contribution in [0.2, 0.25) is 0 Å². The molecular formula is C51H94O12S. The standard InChI is InChI=1S/C51H94O12S/c1-3-5-7-9-11-13-15-17-19-20-21-22-23-24-26-28-30-32-34-36-38-40-47(53)62-44(42-61-51-50(56)49(55)48(54)45(63-51)43-64(57,58)59)41-60-46(52)39-37-35-33-31-29-27-25-18-16-14-12-10-8-6-4-2/h10,12,17,19,44-45,48-51,54-56H,3-9,11,13-16,18,20-43H2,1-2H3,(H,57,58,59)/b12-10+,19-17+/t44-,45-,48-,49?,50?,51+/m1/s1. The molecule has 12 nitrogen and oxygen atoms in total. The molecule has 0 bridgehead atoms. The minimum absolute atomic E-state index is 0.166. The van der Waals surface area contributed by atoms with Crippen molar-refractivity contribution in [3.63, 3.8) is 0 Å². The van der Waals surface area contributed by atoms with Crippen LogP contribution >= 0.6 is 0 Å². The van der Waals surface area contributed by atoms with Crippen molar-refractivity contribution in [2.24, 2.45) is 0 Å². The maximum atomic E-state index is 12.9. The first-order valence-electron chi connectivity index (χ1n) is 25.9. The summed E-state index contributed by atoms with van der Waals surface area (Å²) in [7, 11) is -4.60. The Morgan fingerprint density at radius 1 is 0.516 bits per heavy atom. The molecule has 0 radical (unpaired) electrons. The summed E-state index contributed by atoms with van der Waals surface area (Å²) >= 11 is 0. The van der Waals surface area contributed by atoms with Gasteiger partial charge in [0.2, 0.25) is 0 Å². The molecule has 1 heterocycles. The van der Waals surface area contributed by atoms with Gasteiger partial charge in [0.15, 0.2) is 12.4 Å². The number of hydrogen-bond donors (Lipinski definition) is 4. The van der Waals surface area contributed by atoms with Gasteiger partial charge in [0.1, 0.15) is 36.8 Å². The molecule has 0 aromatic rings. The Morgan fingerprint density at radius 2 is 0.906 bits per heavy atom. The van der Waals surface area contributed by atoms with Gasteiger partial charge in [-0.1, -0.05) is 186 Å². The van der Waals surface area contributed by atoms with Crippen molar-refractivity contribution in [3.8, 4) is 0 Å². The van der Waals surface area contributed by atoms with Crippen molar-refractivity contribution < 1.29 is 56.8 Å². The van der Waals surface area contributed by atoms with Crippen molar-refractivity contribution in [1.29, 1.82) is 0 Å². The zero-order valence-electron chi connectivity index (χ0n) is 40.4. The van der Waals surface area contributed by atoms with Gasteiger partial charge in [-0.15, -0.1) is 0 Å². The second-order valence-electron chi connectivity index (χ2n) is 18.2. The Hall–Kier alpha value is -1.87. The maximum Gasteiger partial charge on any atom is 0.306 e. The largest absolute Gasteiger partial charge is 0.462 e. The lowest BCUT2D eigenvalue weighted by molar-refractivity contribution is -0.297. The molecular weight excluding hydrogens is 837 g/mol. The molecule has 64 heavy (non-hydrogen) atoms. The third kappa shape index (κ3) is 35.3. The number of ether oxygens (including phenoxy) is 4. The third-order valence-corrected chi connectivity index (χ3v) is 12.8. The third-order valence-electron chi connectivity index (χ3n) is 12.0. The van der Waals surface area contributed by atoms with Crippen molar-refractivity contribution in [2.45, 2.75) is 269 Å². The smallest absolute Gasteiger partial charge is 0.306 e. The van der Waals surface area contributed by atoms with Crippen LogP contribution in [-0.2, 0) is 38.7 Å². The van der Waals surface area contributed by atoms with Gasteiger partial charge in [-0.25, -0.2) is 0 Å². The minimum Gasteiger partial charge on any atom is -0.462 e. The van der Waals surface area contributed by atoms with E-state index >= 15 is 0 Å². The summed E-state index contributed by atoms with van der Waals surface area (Å²) in [5.74, 6) is -1.97. The molecule has 1 aliphatic heterocycles. The van der Waals surface area contributed by atoms with Crippen LogP contribution in [0.25, 0.3) is 0 Å². The Bertz CT molecular complexity index is 1270. The molecule has 1 fully saturated rings. The molecule has 1 rings (SSSR count). The lowest BCUT2D eigenvalue weighted by atomic mass is 10.00. The first-order chi connectivity index (χ1) is 31.0. The van der Waals surface area contributed by atoms with Gasteiger partial charge in [0, 0.05) is 12.8 Å². The number of allylic oxidation sites excluding steroid dienone is 4. The summed E-state index contributed by atoms with van der Waals surface area (Å²) in [6, 6.07) is 0. The van der Waals surface area contributed by atoms with Gasteiger partial charge in [0.25, 0.3) is 10.1 Å². The molecule has 376 valence electrons. The highest BCUT2D eigenvalue weighted by atomic mass is 32.2. The van der Waals surface area contributed by atoms with Crippen LogP contribution < -0.4 is 0 Å². The van der Waals surface area contributed by atoms with Crippen LogP contribution in [-0.4, -0.2) is 96.0 Å². The lowest BCUT2D eigenvalue weighted by Crippen LogP contribution is -2.60. The van der Waals surface area contributed by atoms with Crippen molar-refractivity contribution in [1.82, 2.24) is 0 Å². The number of rotatable bonds is 44. The van der Waals surface area contributed by atoms with Gasteiger partial charge >= 0.3 is 11.9 Å². The predicted octanol–water partition coefficient (Wildman–Crippen LogP) is 11.6. The summed E-state index contributed by atoms with van der Waals surface area (Å²) in [6.45, 7) is 3.76. The van der Waals surface area contributed by atoms with E-state index in [0.717, 1.165) is 38.5 Å². The first-order valence-corrected chi connectivity index (χ1v) is 27.5. The SMILES string of the molecule is CCCC/C=C/CCCCCCCCCCCC(=O)OC[C@H](CO[C@H]1O[C@H](CS(=O)(=O)O)[C@@H](O)C(O)C1O)OC(=O)CCCCCCCCCCCCC/C=C/CCCCCCCC. The van der Waals surface area contributed by atoms with E-state index in [2.05, 4.69) is 38.2 Å². The predicted molar refractivity (Wildman–Crippen MR) is 256 cm³/mol. The average molecular weight is 931 g/mol. The number of aliphatic hydroxyl groups excluding tert-OH is 3. The number of aliphatic hydroxyl groups is 3. The topological polar surface area (TPSA) is 186 Å². The second kappa shape index (κ2) is 41.3. The van der Waals surface area contributed by atoms with Gasteiger partial charge < -0.3 is 34.3 Å². The van der Waals surface area contributed by atoms with E-state index in [1.165, 1.54) is 154 Å². The molecule has 13 heteroatoms. The Balaban J connectivity index is 2.35. The first kappa shape index (κ1) is 60.1. The lowest BCUT2D eigenvalue weighted by Gasteiger charge is -2.40. The fraction of sp³-hybridized carbons (Fsp3) is 0.882. The molecule has 0 spiro atoms. The van der Waals surface area contributed by atoms with Crippen LogP contribution in [0.4, 0.5) is 0 Å². The van der Waals surface area contributed by atoms with E-state index in [1.807, 2.05) is 0 Å². The maximum absolute atomic E-state index is 12.9. The van der Waals surface area contributed by atoms with Crippen LogP contribution in [0, 0.1) is 0 Å². The summed E-state index contributed by atoms with van der Waals surface area (Å²) < 4.78 is 54.2. The molecule has 0 amide bonds. The van der Waals surface area contributed by atoms with Crippen LogP contribution in [0.5, 0.6) is 0 Å². The highest BCUT2D eigenvalue weighted by Crippen LogP contribution is 2.24. The van der Waals surface area contributed by atoms with E-state index in [-0.39, 0.29) is 19.4 Å². The fourth-order valence-corrected chi connectivity index (χ4v) is 8.64. The Kier molecular flexibility index (Phi) is 38.8. The zero-order chi connectivity index (χ0) is 46.9. The van der Waals surface area contributed by atoms with E-state index in [0.29, 0.717) is 12.8 Å². The number of unbranched alkanes of at least 4 members (excludes halogenated alkanes) is 28. The van der Waals surface area contributed by atoms with E-state index in [4.69, 9.17) is 18.9 Å². The highest BCUT2D eigenvalue weighted by molar-refractivity contribution is 7.85. The van der Waals surface area contributed by atoms with Gasteiger partial charge in [-0.3, -0.25) is 14.1 Å². The molecule has 1 aliphatic rings. The van der Waals surface area contributed by atoms with Gasteiger partial charge in [-0.2, -0.15) is 8.42 Å². The molecule has 0 saturated carbocycles. The number of carbonyl (C=O) groups excluding carboxylic acids is 2. The van der Waals surface area contributed by atoms with Crippen LogP contribution in [0.15, 0.2) is 24.3 Å².